The predicted octanol–water partition coefficient (Wildman–Crippen LogP) is 4.72. The van der Waals surface area contributed by atoms with Crippen LogP contribution >= 0.6 is 0 Å². The Morgan fingerprint density at radius 1 is 1.07 bits per heavy atom. The van der Waals surface area contributed by atoms with Crippen LogP contribution in [0, 0.1) is 0 Å². The molecule has 0 fully saturated rings. The van der Waals surface area contributed by atoms with Crippen molar-refractivity contribution < 1.29 is 9.90 Å². The molecule has 1 amide bonds. The Balaban J connectivity index is 1.67. The van der Waals surface area contributed by atoms with Crippen molar-refractivity contribution in [2.45, 2.75) is 32.6 Å². The van der Waals surface area contributed by atoms with Gasteiger partial charge >= 0.3 is 0 Å². The summed E-state index contributed by atoms with van der Waals surface area (Å²) >= 11 is 0. The van der Waals surface area contributed by atoms with Crippen LogP contribution in [0.3, 0.4) is 0 Å². The first-order valence-electron chi connectivity index (χ1n) is 9.45. The highest BCUT2D eigenvalue weighted by atomic mass is 16.3. The topological polar surface area (TPSA) is 62.2 Å². The summed E-state index contributed by atoms with van der Waals surface area (Å²) in [6, 6.07) is 17.0. The summed E-state index contributed by atoms with van der Waals surface area (Å²) in [5.41, 5.74) is 4.60. The smallest absolute Gasteiger partial charge is 0.251 e. The third-order valence-corrected chi connectivity index (χ3v) is 4.74. The maximum atomic E-state index is 12.7. The van der Waals surface area contributed by atoms with E-state index in [9.17, 15) is 9.90 Å². The van der Waals surface area contributed by atoms with Crippen LogP contribution in [0.1, 0.15) is 42.3 Å². The number of carbonyl (C=O) groups is 1. The maximum Gasteiger partial charge on any atom is 0.251 e. The number of rotatable bonds is 5. The fourth-order valence-corrected chi connectivity index (χ4v) is 3.08. The minimum absolute atomic E-state index is 0.120. The molecule has 0 saturated heterocycles. The highest BCUT2D eigenvalue weighted by Gasteiger charge is 2.15. The molecule has 0 aliphatic rings. The van der Waals surface area contributed by atoms with Gasteiger partial charge < -0.3 is 10.4 Å². The van der Waals surface area contributed by atoms with Gasteiger partial charge in [0.05, 0.1) is 0 Å². The standard InChI is InChI=1S/C24H26N2O2/c1-24(2,3)19-8-6-17(7-9-19)12-14-26-23(28)21-11-10-20(27)15-22(21)18-5-4-13-25-16-18/h4-11,13,15-16,27H,12,14H2,1-3H3,(H,26,28). The van der Waals surface area contributed by atoms with Crippen molar-refractivity contribution in [3.05, 3.63) is 83.7 Å². The van der Waals surface area contributed by atoms with Crippen molar-refractivity contribution >= 4 is 5.91 Å². The van der Waals surface area contributed by atoms with Crippen molar-refractivity contribution in [1.82, 2.24) is 10.3 Å². The summed E-state index contributed by atoms with van der Waals surface area (Å²) in [7, 11) is 0. The average Bonchev–Trinajstić information content (AvgIpc) is 2.68. The van der Waals surface area contributed by atoms with Crippen LogP contribution < -0.4 is 5.32 Å². The van der Waals surface area contributed by atoms with Crippen LogP contribution in [0.25, 0.3) is 11.1 Å². The van der Waals surface area contributed by atoms with E-state index in [1.807, 2.05) is 12.1 Å². The molecule has 0 spiro atoms. The number of benzene rings is 2. The summed E-state index contributed by atoms with van der Waals surface area (Å²) in [5, 5.41) is 12.8. The number of nitrogens with one attached hydrogen (secondary N) is 1. The minimum atomic E-state index is -0.162. The zero-order valence-electron chi connectivity index (χ0n) is 16.6. The van der Waals surface area contributed by atoms with Gasteiger partial charge in [0.15, 0.2) is 0 Å². The van der Waals surface area contributed by atoms with Crippen LogP contribution in [-0.2, 0) is 11.8 Å². The SMILES string of the molecule is CC(C)(C)c1ccc(CCNC(=O)c2ccc(O)cc2-c2cccnc2)cc1. The number of pyridine rings is 1. The summed E-state index contributed by atoms with van der Waals surface area (Å²) in [4.78, 5) is 16.8. The molecule has 0 radical (unpaired) electrons. The molecule has 144 valence electrons. The zero-order chi connectivity index (χ0) is 20.1. The van der Waals surface area contributed by atoms with Gasteiger partial charge in [0.1, 0.15) is 5.75 Å². The number of carbonyl (C=O) groups excluding carboxylic acids is 1. The summed E-state index contributed by atoms with van der Waals surface area (Å²) in [6.07, 6.45) is 4.12. The molecule has 0 aliphatic carbocycles. The van der Waals surface area contributed by atoms with Crippen LogP contribution in [0.5, 0.6) is 5.75 Å². The Morgan fingerprint density at radius 3 is 2.46 bits per heavy atom. The summed E-state index contributed by atoms with van der Waals surface area (Å²) < 4.78 is 0. The number of hydrogen-bond acceptors (Lipinski definition) is 3. The molecule has 28 heavy (non-hydrogen) atoms. The first-order valence-corrected chi connectivity index (χ1v) is 9.45. The van der Waals surface area contributed by atoms with E-state index < -0.39 is 0 Å². The molecule has 0 saturated carbocycles. The second kappa shape index (κ2) is 8.26. The Morgan fingerprint density at radius 2 is 1.82 bits per heavy atom. The van der Waals surface area contributed by atoms with E-state index >= 15 is 0 Å². The van der Waals surface area contributed by atoms with E-state index in [-0.39, 0.29) is 17.1 Å². The highest BCUT2D eigenvalue weighted by Crippen LogP contribution is 2.27. The van der Waals surface area contributed by atoms with Gasteiger partial charge in [-0.3, -0.25) is 9.78 Å². The van der Waals surface area contributed by atoms with Gasteiger partial charge in [-0.2, -0.15) is 0 Å². The van der Waals surface area contributed by atoms with Crippen LogP contribution in [-0.4, -0.2) is 22.5 Å². The number of phenols is 1. The van der Waals surface area contributed by atoms with Crippen LogP contribution in [0.4, 0.5) is 0 Å². The second-order valence-electron chi connectivity index (χ2n) is 7.92. The fraction of sp³-hybridized carbons (Fsp3) is 0.250. The lowest BCUT2D eigenvalue weighted by Gasteiger charge is -2.19. The number of amides is 1. The van der Waals surface area contributed by atoms with E-state index in [0.717, 1.165) is 12.0 Å². The molecule has 2 aromatic carbocycles. The van der Waals surface area contributed by atoms with Gasteiger partial charge in [-0.25, -0.2) is 0 Å². The second-order valence-corrected chi connectivity index (χ2v) is 7.92. The van der Waals surface area contributed by atoms with Crippen molar-refractivity contribution in [1.29, 1.82) is 0 Å². The molecular formula is C24H26N2O2. The molecule has 0 atom stereocenters. The lowest BCUT2D eigenvalue weighted by Crippen LogP contribution is -2.26. The molecule has 3 aromatic rings. The molecule has 0 aliphatic heterocycles. The molecule has 1 aromatic heterocycles. The summed E-state index contributed by atoms with van der Waals surface area (Å²) in [6.45, 7) is 7.13. The van der Waals surface area contributed by atoms with Gasteiger partial charge in [0, 0.05) is 30.1 Å². The first-order chi connectivity index (χ1) is 13.3. The third kappa shape index (κ3) is 4.77. The van der Waals surface area contributed by atoms with Crippen molar-refractivity contribution in [3.63, 3.8) is 0 Å². The molecule has 0 bridgehead atoms. The maximum absolute atomic E-state index is 12.7. The van der Waals surface area contributed by atoms with Gasteiger partial charge in [-0.1, -0.05) is 51.1 Å². The van der Waals surface area contributed by atoms with Crippen LogP contribution in [0.15, 0.2) is 67.0 Å². The van der Waals surface area contributed by atoms with Gasteiger partial charge in [0.25, 0.3) is 5.91 Å². The van der Waals surface area contributed by atoms with E-state index in [1.165, 1.54) is 17.2 Å². The van der Waals surface area contributed by atoms with E-state index in [4.69, 9.17) is 0 Å². The number of aromatic hydroxyl groups is 1. The summed E-state index contributed by atoms with van der Waals surface area (Å²) in [5.74, 6) is -0.0421. The largest absolute Gasteiger partial charge is 0.508 e. The molecule has 1 heterocycles. The highest BCUT2D eigenvalue weighted by molar-refractivity contribution is 6.01. The fourth-order valence-electron chi connectivity index (χ4n) is 3.08. The number of phenolic OH excluding ortho intramolecular Hbond substituents is 1. The average molecular weight is 374 g/mol. The van der Waals surface area contributed by atoms with Crippen molar-refractivity contribution in [2.75, 3.05) is 6.54 Å². The van der Waals surface area contributed by atoms with E-state index in [2.05, 4.69) is 55.3 Å². The molecule has 4 nitrogen and oxygen atoms in total. The lowest BCUT2D eigenvalue weighted by atomic mass is 9.86. The van der Waals surface area contributed by atoms with Crippen LogP contribution in [0.2, 0.25) is 0 Å². The Bertz CT molecular complexity index is 943. The molecule has 4 heteroatoms. The van der Waals surface area contributed by atoms with Crippen molar-refractivity contribution in [3.8, 4) is 16.9 Å². The first kappa shape index (κ1) is 19.6. The van der Waals surface area contributed by atoms with Gasteiger partial charge in [-0.05, 0) is 52.8 Å². The Labute approximate surface area is 166 Å². The monoisotopic (exact) mass is 374 g/mol. The normalized spacial score (nSPS) is 11.2. The Kier molecular flexibility index (Phi) is 5.78. The number of aromatic nitrogens is 1. The molecule has 2 N–H and O–H groups in total. The third-order valence-electron chi connectivity index (χ3n) is 4.74. The van der Waals surface area contributed by atoms with Crippen molar-refractivity contribution in [2.24, 2.45) is 0 Å². The van der Waals surface area contributed by atoms with Gasteiger partial charge in [-0.15, -0.1) is 0 Å². The number of hydrogen-bond donors (Lipinski definition) is 2. The minimum Gasteiger partial charge on any atom is -0.508 e. The van der Waals surface area contributed by atoms with E-state index in [0.29, 0.717) is 17.7 Å². The molecular weight excluding hydrogens is 348 g/mol. The van der Waals surface area contributed by atoms with E-state index in [1.54, 1.807) is 24.5 Å². The molecule has 0 unspecified atom stereocenters. The lowest BCUT2D eigenvalue weighted by molar-refractivity contribution is 0.0955. The zero-order valence-corrected chi connectivity index (χ0v) is 16.6. The number of nitrogens with zero attached hydrogens (tertiary/aromatic N) is 1. The predicted molar refractivity (Wildman–Crippen MR) is 113 cm³/mol. The Hall–Kier alpha value is -3.14. The van der Waals surface area contributed by atoms with Gasteiger partial charge in [0.2, 0.25) is 0 Å². The molecule has 3 rings (SSSR count). The quantitative estimate of drug-likeness (QED) is 0.679.